The smallest absolute Gasteiger partial charge is 0.0590 e. The van der Waals surface area contributed by atoms with Crippen LogP contribution in [-0.2, 0) is 4.74 Å². The van der Waals surface area contributed by atoms with Gasteiger partial charge in [0.1, 0.15) is 0 Å². The second-order valence-corrected chi connectivity index (χ2v) is 4.80. The Morgan fingerprint density at radius 3 is 2.71 bits per heavy atom. The van der Waals surface area contributed by atoms with Gasteiger partial charge in [-0.3, -0.25) is 0 Å². The van der Waals surface area contributed by atoms with Gasteiger partial charge < -0.3 is 10.1 Å². The average Bonchev–Trinajstić information content (AvgIpc) is 2.81. The van der Waals surface area contributed by atoms with E-state index in [2.05, 4.69) is 12.2 Å². The molecular weight excluding hydrogens is 174 g/mol. The Balaban J connectivity index is 1.70. The van der Waals surface area contributed by atoms with E-state index in [9.17, 15) is 0 Å². The summed E-state index contributed by atoms with van der Waals surface area (Å²) in [6, 6.07) is 0.718. The van der Waals surface area contributed by atoms with Crippen LogP contribution in [0.15, 0.2) is 0 Å². The first-order chi connectivity index (χ1) is 6.88. The molecule has 1 saturated carbocycles. The second kappa shape index (κ2) is 5.13. The highest BCUT2D eigenvalue weighted by Gasteiger charge is 2.27. The van der Waals surface area contributed by atoms with Gasteiger partial charge in [-0.1, -0.05) is 19.8 Å². The predicted molar refractivity (Wildman–Crippen MR) is 58.4 cm³/mol. The minimum absolute atomic E-state index is 0.554. The van der Waals surface area contributed by atoms with E-state index in [-0.39, 0.29) is 0 Å². The summed E-state index contributed by atoms with van der Waals surface area (Å²) in [5, 5.41) is 3.60. The Morgan fingerprint density at radius 2 is 2.14 bits per heavy atom. The highest BCUT2D eigenvalue weighted by Crippen LogP contribution is 2.34. The molecule has 0 aromatic rings. The third-order valence-electron chi connectivity index (χ3n) is 3.38. The Labute approximate surface area is 87.4 Å². The number of hydrogen-bond acceptors (Lipinski definition) is 2. The van der Waals surface area contributed by atoms with Crippen molar-refractivity contribution in [3.8, 4) is 0 Å². The third kappa shape index (κ3) is 3.25. The molecular formula is C12H23NO. The van der Waals surface area contributed by atoms with Crippen molar-refractivity contribution < 1.29 is 4.74 Å². The minimum atomic E-state index is 0.554. The van der Waals surface area contributed by atoms with E-state index in [0.29, 0.717) is 6.10 Å². The normalized spacial score (nSPS) is 29.4. The van der Waals surface area contributed by atoms with Crippen LogP contribution in [0.3, 0.4) is 0 Å². The predicted octanol–water partition coefficient (Wildman–Crippen LogP) is 2.33. The molecule has 0 spiro atoms. The molecule has 0 aromatic heterocycles. The van der Waals surface area contributed by atoms with Gasteiger partial charge in [0.25, 0.3) is 0 Å². The lowest BCUT2D eigenvalue weighted by molar-refractivity contribution is 0.0932. The molecule has 82 valence electrons. The van der Waals surface area contributed by atoms with Crippen LogP contribution in [-0.4, -0.2) is 25.3 Å². The first-order valence-corrected chi connectivity index (χ1v) is 6.23. The van der Waals surface area contributed by atoms with Crippen molar-refractivity contribution in [3.05, 3.63) is 0 Å². The summed E-state index contributed by atoms with van der Waals surface area (Å²) in [7, 11) is 0. The highest BCUT2D eigenvalue weighted by molar-refractivity contribution is 4.82. The summed E-state index contributed by atoms with van der Waals surface area (Å²) in [5.41, 5.74) is 0. The summed E-state index contributed by atoms with van der Waals surface area (Å²) in [5.74, 6) is 1.03. The molecule has 14 heavy (non-hydrogen) atoms. The van der Waals surface area contributed by atoms with Crippen molar-refractivity contribution in [2.24, 2.45) is 5.92 Å². The van der Waals surface area contributed by atoms with Crippen LogP contribution in [0.1, 0.15) is 45.4 Å². The van der Waals surface area contributed by atoms with E-state index < -0.39 is 0 Å². The first-order valence-electron chi connectivity index (χ1n) is 6.23. The Morgan fingerprint density at radius 1 is 1.29 bits per heavy atom. The second-order valence-electron chi connectivity index (χ2n) is 4.80. The van der Waals surface area contributed by atoms with Crippen molar-refractivity contribution in [1.82, 2.24) is 5.32 Å². The summed E-state index contributed by atoms with van der Waals surface area (Å²) in [6.45, 7) is 4.30. The minimum Gasteiger partial charge on any atom is -0.378 e. The number of hydrogen-bond donors (Lipinski definition) is 1. The maximum absolute atomic E-state index is 5.69. The van der Waals surface area contributed by atoms with Crippen LogP contribution in [0.2, 0.25) is 0 Å². The van der Waals surface area contributed by atoms with Crippen molar-refractivity contribution in [3.63, 3.8) is 0 Å². The lowest BCUT2D eigenvalue weighted by atomic mass is 10.0. The molecule has 2 unspecified atom stereocenters. The molecule has 1 N–H and O–H groups in total. The molecule has 0 aromatic carbocycles. The van der Waals surface area contributed by atoms with Crippen molar-refractivity contribution in [2.75, 3.05) is 13.2 Å². The van der Waals surface area contributed by atoms with Gasteiger partial charge in [0.15, 0.2) is 0 Å². The van der Waals surface area contributed by atoms with Gasteiger partial charge in [-0.05, 0) is 38.1 Å². The van der Waals surface area contributed by atoms with E-state index >= 15 is 0 Å². The molecule has 0 bridgehead atoms. The molecule has 2 rings (SSSR count). The zero-order valence-corrected chi connectivity index (χ0v) is 9.30. The average molecular weight is 197 g/mol. The van der Waals surface area contributed by atoms with Gasteiger partial charge >= 0.3 is 0 Å². The largest absolute Gasteiger partial charge is 0.378 e. The monoisotopic (exact) mass is 197 g/mol. The molecule has 1 saturated heterocycles. The van der Waals surface area contributed by atoms with Crippen molar-refractivity contribution in [1.29, 1.82) is 0 Å². The fraction of sp³-hybridized carbons (Fsp3) is 1.00. The summed E-state index contributed by atoms with van der Waals surface area (Å²) in [4.78, 5) is 0. The van der Waals surface area contributed by atoms with E-state index in [4.69, 9.17) is 4.74 Å². The molecule has 2 atom stereocenters. The van der Waals surface area contributed by atoms with Gasteiger partial charge in [-0.25, -0.2) is 0 Å². The molecule has 0 radical (unpaired) electrons. The fourth-order valence-electron chi connectivity index (χ4n) is 2.46. The zero-order valence-electron chi connectivity index (χ0n) is 9.30. The standard InChI is InChI=1S/C12H23NO/c1-2-13-11(8-10-5-6-10)9-12-4-3-7-14-12/h10-13H,2-9H2,1H3. The first kappa shape index (κ1) is 10.4. The Bertz CT molecular complexity index is 162. The topological polar surface area (TPSA) is 21.3 Å². The molecule has 1 heterocycles. The Hall–Kier alpha value is -0.0800. The molecule has 2 nitrogen and oxygen atoms in total. The lowest BCUT2D eigenvalue weighted by Crippen LogP contribution is -2.32. The molecule has 1 aliphatic carbocycles. The molecule has 2 aliphatic rings. The van der Waals surface area contributed by atoms with Crippen molar-refractivity contribution in [2.45, 2.75) is 57.6 Å². The highest BCUT2D eigenvalue weighted by atomic mass is 16.5. The number of nitrogens with one attached hydrogen (secondary N) is 1. The van der Waals surface area contributed by atoms with E-state index in [0.717, 1.165) is 25.1 Å². The van der Waals surface area contributed by atoms with Crippen LogP contribution >= 0.6 is 0 Å². The molecule has 0 amide bonds. The molecule has 2 heteroatoms. The number of rotatable bonds is 6. The van der Waals surface area contributed by atoms with Gasteiger partial charge in [0.05, 0.1) is 6.10 Å². The summed E-state index contributed by atoms with van der Waals surface area (Å²) in [6.07, 6.45) is 8.66. The van der Waals surface area contributed by atoms with E-state index in [1.165, 1.54) is 38.5 Å². The quantitative estimate of drug-likeness (QED) is 0.705. The maximum Gasteiger partial charge on any atom is 0.0590 e. The summed E-state index contributed by atoms with van der Waals surface area (Å²) < 4.78 is 5.69. The molecule has 2 fully saturated rings. The van der Waals surface area contributed by atoms with Crippen LogP contribution < -0.4 is 5.32 Å². The van der Waals surface area contributed by atoms with Gasteiger partial charge in [0, 0.05) is 12.6 Å². The SMILES string of the molecule is CCNC(CC1CC1)CC1CCCO1. The van der Waals surface area contributed by atoms with Gasteiger partial charge in [-0.2, -0.15) is 0 Å². The zero-order chi connectivity index (χ0) is 9.80. The fourth-order valence-corrected chi connectivity index (χ4v) is 2.46. The maximum atomic E-state index is 5.69. The summed E-state index contributed by atoms with van der Waals surface area (Å²) >= 11 is 0. The lowest BCUT2D eigenvalue weighted by Gasteiger charge is -2.20. The number of ether oxygens (including phenoxy) is 1. The molecule has 1 aliphatic heterocycles. The van der Waals surface area contributed by atoms with Crippen LogP contribution in [0, 0.1) is 5.92 Å². The van der Waals surface area contributed by atoms with E-state index in [1.807, 2.05) is 0 Å². The third-order valence-corrected chi connectivity index (χ3v) is 3.38. The van der Waals surface area contributed by atoms with Crippen LogP contribution in [0.5, 0.6) is 0 Å². The van der Waals surface area contributed by atoms with Gasteiger partial charge in [-0.15, -0.1) is 0 Å². The van der Waals surface area contributed by atoms with E-state index in [1.54, 1.807) is 0 Å². The Kier molecular flexibility index (Phi) is 3.82. The van der Waals surface area contributed by atoms with Crippen LogP contribution in [0.4, 0.5) is 0 Å². The van der Waals surface area contributed by atoms with Gasteiger partial charge in [0.2, 0.25) is 0 Å². The van der Waals surface area contributed by atoms with Crippen molar-refractivity contribution >= 4 is 0 Å². The van der Waals surface area contributed by atoms with Crippen LogP contribution in [0.25, 0.3) is 0 Å².